The molecule has 2 atom stereocenters. The molecule has 1 aromatic heterocycles. The quantitative estimate of drug-likeness (QED) is 0.907. The Labute approximate surface area is 146 Å². The molecule has 0 unspecified atom stereocenters. The van der Waals surface area contributed by atoms with Gasteiger partial charge in [0.15, 0.2) is 0 Å². The number of rotatable bonds is 2. The Morgan fingerprint density at radius 1 is 1.40 bits per heavy atom. The van der Waals surface area contributed by atoms with E-state index < -0.39 is 5.54 Å². The highest BCUT2D eigenvalue weighted by Gasteiger charge is 2.54. The lowest BCUT2D eigenvalue weighted by Gasteiger charge is -2.42. The standard InChI is InChI=1S/C19H23FN4O/c1-12(2)16-11-23-17(22-16)19(7-8-21-13(3)10-19)24(18(23)25)15-6-4-5-14(20)9-15/h4-6,9,11-13,21H,7-8,10H2,1-3H3/t13-,19-/m0/s1. The Balaban J connectivity index is 1.89. The van der Waals surface area contributed by atoms with Crippen LogP contribution in [-0.4, -0.2) is 28.2 Å². The van der Waals surface area contributed by atoms with Crippen molar-refractivity contribution in [3.05, 3.63) is 47.8 Å². The second-order valence-corrected chi connectivity index (χ2v) is 7.45. The molecule has 2 aromatic rings. The zero-order valence-corrected chi connectivity index (χ0v) is 14.8. The Morgan fingerprint density at radius 2 is 2.20 bits per heavy atom. The number of aromatic nitrogens is 2. The molecule has 1 fully saturated rings. The number of nitrogens with zero attached hydrogens (tertiary/aromatic N) is 3. The summed E-state index contributed by atoms with van der Waals surface area (Å²) in [5.41, 5.74) is 0.992. The average Bonchev–Trinajstić information content (AvgIpc) is 3.08. The van der Waals surface area contributed by atoms with Crippen molar-refractivity contribution in [1.82, 2.24) is 14.9 Å². The molecule has 1 spiro atoms. The van der Waals surface area contributed by atoms with Gasteiger partial charge in [-0.05, 0) is 50.4 Å². The number of hydrogen-bond donors (Lipinski definition) is 1. The van der Waals surface area contributed by atoms with Crippen LogP contribution in [0, 0.1) is 5.82 Å². The fourth-order valence-corrected chi connectivity index (χ4v) is 4.13. The fraction of sp³-hybridized carbons (Fsp3) is 0.474. The number of piperidine rings is 1. The van der Waals surface area contributed by atoms with E-state index in [1.807, 2.05) is 6.20 Å². The lowest BCUT2D eigenvalue weighted by Crippen LogP contribution is -2.53. The van der Waals surface area contributed by atoms with Gasteiger partial charge in [0.1, 0.15) is 17.2 Å². The molecule has 1 aromatic carbocycles. The summed E-state index contributed by atoms with van der Waals surface area (Å²) in [5, 5.41) is 3.44. The molecular weight excluding hydrogens is 319 g/mol. The van der Waals surface area contributed by atoms with Gasteiger partial charge in [0.25, 0.3) is 0 Å². The second-order valence-electron chi connectivity index (χ2n) is 7.45. The number of halogens is 1. The third-order valence-electron chi connectivity index (χ3n) is 5.30. The number of carbonyl (C=O) groups is 1. The van der Waals surface area contributed by atoms with Gasteiger partial charge < -0.3 is 5.32 Å². The van der Waals surface area contributed by atoms with E-state index in [4.69, 9.17) is 4.98 Å². The normalized spacial score (nSPS) is 25.9. The van der Waals surface area contributed by atoms with Crippen LogP contribution in [0.1, 0.15) is 51.0 Å². The SMILES string of the molecule is CC(C)c1cn2c(n1)[C@@]1(CCN[C@@H](C)C1)N(c1cccc(F)c1)C2=O. The summed E-state index contributed by atoms with van der Waals surface area (Å²) < 4.78 is 15.5. The van der Waals surface area contributed by atoms with E-state index in [9.17, 15) is 9.18 Å². The third kappa shape index (κ3) is 2.39. The number of amides is 1. The molecule has 4 rings (SSSR count). The molecule has 6 heteroatoms. The van der Waals surface area contributed by atoms with Crippen LogP contribution in [0.25, 0.3) is 0 Å². The zero-order chi connectivity index (χ0) is 17.8. The molecule has 0 bridgehead atoms. The van der Waals surface area contributed by atoms with E-state index in [0.29, 0.717) is 5.69 Å². The minimum Gasteiger partial charge on any atom is -0.314 e. The maximum Gasteiger partial charge on any atom is 0.335 e. The first kappa shape index (κ1) is 16.3. The van der Waals surface area contributed by atoms with Gasteiger partial charge in [-0.2, -0.15) is 0 Å². The molecule has 2 aliphatic heterocycles. The predicted molar refractivity (Wildman–Crippen MR) is 94.4 cm³/mol. The first-order valence-corrected chi connectivity index (χ1v) is 8.85. The van der Waals surface area contributed by atoms with E-state index in [2.05, 4.69) is 26.1 Å². The summed E-state index contributed by atoms with van der Waals surface area (Å²) in [6, 6.07) is 6.39. The van der Waals surface area contributed by atoms with Gasteiger partial charge in [0.2, 0.25) is 0 Å². The first-order chi connectivity index (χ1) is 11.9. The smallest absolute Gasteiger partial charge is 0.314 e. The largest absolute Gasteiger partial charge is 0.335 e. The monoisotopic (exact) mass is 342 g/mol. The molecule has 5 nitrogen and oxygen atoms in total. The van der Waals surface area contributed by atoms with Gasteiger partial charge in [0, 0.05) is 17.9 Å². The number of anilines is 1. The maximum absolute atomic E-state index is 13.8. The van der Waals surface area contributed by atoms with E-state index in [-0.39, 0.29) is 23.8 Å². The van der Waals surface area contributed by atoms with Gasteiger partial charge >= 0.3 is 6.03 Å². The van der Waals surface area contributed by atoms with Crippen molar-refractivity contribution in [2.24, 2.45) is 0 Å². The number of carbonyl (C=O) groups excluding carboxylic acids is 1. The number of fused-ring (bicyclic) bond motifs is 2. The summed E-state index contributed by atoms with van der Waals surface area (Å²) in [4.78, 5) is 19.8. The molecule has 3 heterocycles. The number of imidazole rings is 1. The molecule has 132 valence electrons. The molecular formula is C19H23FN4O. The topological polar surface area (TPSA) is 50.2 Å². The molecule has 2 aliphatic rings. The minimum absolute atomic E-state index is 0.144. The highest BCUT2D eigenvalue weighted by Crippen LogP contribution is 2.46. The molecule has 1 amide bonds. The minimum atomic E-state index is -0.525. The van der Waals surface area contributed by atoms with Gasteiger partial charge in [-0.15, -0.1) is 0 Å². The van der Waals surface area contributed by atoms with Crippen LogP contribution in [0.15, 0.2) is 30.5 Å². The summed E-state index contributed by atoms with van der Waals surface area (Å²) in [6.07, 6.45) is 3.36. The lowest BCUT2D eigenvalue weighted by atomic mass is 9.83. The van der Waals surface area contributed by atoms with Crippen molar-refractivity contribution in [1.29, 1.82) is 0 Å². The predicted octanol–water partition coefficient (Wildman–Crippen LogP) is 3.60. The fourth-order valence-electron chi connectivity index (χ4n) is 4.13. The average molecular weight is 342 g/mol. The van der Waals surface area contributed by atoms with E-state index in [0.717, 1.165) is 30.9 Å². The van der Waals surface area contributed by atoms with Crippen molar-refractivity contribution in [3.63, 3.8) is 0 Å². The van der Waals surface area contributed by atoms with Gasteiger partial charge in [0.05, 0.1) is 5.69 Å². The van der Waals surface area contributed by atoms with E-state index in [1.54, 1.807) is 21.6 Å². The summed E-state index contributed by atoms with van der Waals surface area (Å²) >= 11 is 0. The van der Waals surface area contributed by atoms with Crippen LogP contribution in [0.4, 0.5) is 14.9 Å². The van der Waals surface area contributed by atoms with E-state index in [1.165, 1.54) is 12.1 Å². The second kappa shape index (κ2) is 5.66. The summed E-state index contributed by atoms with van der Waals surface area (Å²) in [6.45, 7) is 7.06. The summed E-state index contributed by atoms with van der Waals surface area (Å²) in [7, 11) is 0. The molecule has 25 heavy (non-hydrogen) atoms. The molecule has 0 saturated carbocycles. The molecule has 0 radical (unpaired) electrons. The van der Waals surface area contributed by atoms with Crippen molar-refractivity contribution < 1.29 is 9.18 Å². The van der Waals surface area contributed by atoms with Crippen molar-refractivity contribution >= 4 is 11.7 Å². The van der Waals surface area contributed by atoms with Crippen molar-refractivity contribution in [2.45, 2.75) is 51.1 Å². The van der Waals surface area contributed by atoms with Crippen LogP contribution < -0.4 is 10.2 Å². The lowest BCUT2D eigenvalue weighted by molar-refractivity contribution is 0.234. The van der Waals surface area contributed by atoms with Crippen LogP contribution in [0.2, 0.25) is 0 Å². The Hall–Kier alpha value is -2.21. The number of hydrogen-bond acceptors (Lipinski definition) is 3. The highest BCUT2D eigenvalue weighted by molar-refractivity contribution is 5.98. The van der Waals surface area contributed by atoms with Crippen LogP contribution in [0.5, 0.6) is 0 Å². The Morgan fingerprint density at radius 3 is 2.88 bits per heavy atom. The van der Waals surface area contributed by atoms with E-state index >= 15 is 0 Å². The van der Waals surface area contributed by atoms with Crippen LogP contribution in [0.3, 0.4) is 0 Å². The molecule has 0 aliphatic carbocycles. The van der Waals surface area contributed by atoms with Crippen molar-refractivity contribution in [3.8, 4) is 0 Å². The number of benzene rings is 1. The third-order valence-corrected chi connectivity index (χ3v) is 5.30. The molecule has 1 N–H and O–H groups in total. The van der Waals surface area contributed by atoms with Gasteiger partial charge in [-0.25, -0.2) is 14.2 Å². The highest BCUT2D eigenvalue weighted by atomic mass is 19.1. The zero-order valence-electron chi connectivity index (χ0n) is 14.8. The molecule has 1 saturated heterocycles. The Kier molecular flexibility index (Phi) is 3.68. The van der Waals surface area contributed by atoms with Crippen LogP contribution in [-0.2, 0) is 5.54 Å². The van der Waals surface area contributed by atoms with Gasteiger partial charge in [-0.1, -0.05) is 19.9 Å². The van der Waals surface area contributed by atoms with Crippen LogP contribution >= 0.6 is 0 Å². The Bertz CT molecular complexity index is 831. The maximum atomic E-state index is 13.8. The van der Waals surface area contributed by atoms with Gasteiger partial charge in [-0.3, -0.25) is 9.47 Å². The first-order valence-electron chi connectivity index (χ1n) is 8.85. The summed E-state index contributed by atoms with van der Waals surface area (Å²) in [5.74, 6) is 0.707. The number of nitrogens with one attached hydrogen (secondary N) is 1. The van der Waals surface area contributed by atoms with Crippen molar-refractivity contribution in [2.75, 3.05) is 11.4 Å².